The van der Waals surface area contributed by atoms with Gasteiger partial charge in [-0.25, -0.2) is 0 Å². The fourth-order valence-electron chi connectivity index (χ4n) is 2.23. The summed E-state index contributed by atoms with van der Waals surface area (Å²) in [7, 11) is 0. The summed E-state index contributed by atoms with van der Waals surface area (Å²) in [6.45, 7) is 4.85. The second-order valence-corrected chi connectivity index (χ2v) is 6.27. The van der Waals surface area contributed by atoms with Gasteiger partial charge in [-0.05, 0) is 24.1 Å². The average molecular weight is 315 g/mol. The molecule has 1 amide bonds. The first-order chi connectivity index (χ1) is 10.1. The first kappa shape index (κ1) is 18.4. The Hall–Kier alpha value is -1.69. The van der Waals surface area contributed by atoms with E-state index in [1.54, 1.807) is 0 Å². The molecule has 0 fully saturated rings. The summed E-state index contributed by atoms with van der Waals surface area (Å²) in [5.74, 6) is -0.400. The zero-order chi connectivity index (χ0) is 16.9. The van der Waals surface area contributed by atoms with E-state index in [4.69, 9.17) is 0 Å². The standard InChI is InChI=1S/C16H23F2NO3/c1-10(2)13(20)16(3,4)9-19-14(21)11-6-5-7-12(8-11)22-15(17)18/h5-8,10,13,15,20H,9H2,1-4H3,(H,19,21). The second kappa shape index (κ2) is 7.54. The highest BCUT2D eigenvalue weighted by Gasteiger charge is 2.30. The van der Waals surface area contributed by atoms with E-state index in [9.17, 15) is 18.7 Å². The van der Waals surface area contributed by atoms with Crippen LogP contribution in [0.3, 0.4) is 0 Å². The molecule has 1 rings (SSSR count). The van der Waals surface area contributed by atoms with Crippen molar-refractivity contribution in [3.63, 3.8) is 0 Å². The molecule has 2 N–H and O–H groups in total. The zero-order valence-electron chi connectivity index (χ0n) is 13.3. The quantitative estimate of drug-likeness (QED) is 0.813. The minimum absolute atomic E-state index is 0.0645. The van der Waals surface area contributed by atoms with Crippen LogP contribution in [0.5, 0.6) is 5.75 Å². The molecule has 0 spiro atoms. The minimum Gasteiger partial charge on any atom is -0.435 e. The molecular weight excluding hydrogens is 292 g/mol. The Labute approximate surface area is 129 Å². The number of aliphatic hydroxyl groups is 1. The third-order valence-electron chi connectivity index (χ3n) is 3.46. The van der Waals surface area contributed by atoms with Crippen LogP contribution in [0.15, 0.2) is 24.3 Å². The van der Waals surface area contributed by atoms with Gasteiger partial charge in [0.15, 0.2) is 0 Å². The van der Waals surface area contributed by atoms with Gasteiger partial charge in [0.1, 0.15) is 5.75 Å². The highest BCUT2D eigenvalue weighted by Crippen LogP contribution is 2.25. The van der Waals surface area contributed by atoms with Crippen molar-refractivity contribution in [2.24, 2.45) is 11.3 Å². The van der Waals surface area contributed by atoms with E-state index in [0.29, 0.717) is 0 Å². The van der Waals surface area contributed by atoms with Crippen LogP contribution >= 0.6 is 0 Å². The number of aliphatic hydroxyl groups excluding tert-OH is 1. The first-order valence-electron chi connectivity index (χ1n) is 7.14. The van der Waals surface area contributed by atoms with Crippen molar-refractivity contribution in [1.29, 1.82) is 0 Å². The van der Waals surface area contributed by atoms with Gasteiger partial charge in [-0.3, -0.25) is 4.79 Å². The SMILES string of the molecule is CC(C)C(O)C(C)(C)CNC(=O)c1cccc(OC(F)F)c1. The molecule has 0 aliphatic heterocycles. The lowest BCUT2D eigenvalue weighted by molar-refractivity contribution is -0.0498. The van der Waals surface area contributed by atoms with Crippen LogP contribution in [0, 0.1) is 11.3 Å². The van der Waals surface area contributed by atoms with Crippen molar-refractivity contribution in [1.82, 2.24) is 5.32 Å². The Morgan fingerprint density at radius 3 is 2.55 bits per heavy atom. The molecule has 22 heavy (non-hydrogen) atoms. The highest BCUT2D eigenvalue weighted by atomic mass is 19.3. The maximum atomic E-state index is 12.2. The molecule has 0 bridgehead atoms. The maximum Gasteiger partial charge on any atom is 0.387 e. The summed E-state index contributed by atoms with van der Waals surface area (Å²) < 4.78 is 28.6. The van der Waals surface area contributed by atoms with Crippen LogP contribution in [0.25, 0.3) is 0 Å². The van der Waals surface area contributed by atoms with Gasteiger partial charge >= 0.3 is 6.61 Å². The van der Waals surface area contributed by atoms with Crippen LogP contribution in [0.2, 0.25) is 0 Å². The molecule has 1 atom stereocenters. The van der Waals surface area contributed by atoms with Crippen LogP contribution in [0.1, 0.15) is 38.1 Å². The first-order valence-corrected chi connectivity index (χ1v) is 7.14. The largest absolute Gasteiger partial charge is 0.435 e. The van der Waals surface area contributed by atoms with Crippen LogP contribution < -0.4 is 10.1 Å². The molecule has 0 saturated heterocycles. The second-order valence-electron chi connectivity index (χ2n) is 6.27. The summed E-state index contributed by atoms with van der Waals surface area (Å²) in [5.41, 5.74) is -0.269. The molecular formula is C16H23F2NO3. The normalized spacial score (nSPS) is 13.3. The van der Waals surface area contributed by atoms with Gasteiger partial charge in [-0.15, -0.1) is 0 Å². The Morgan fingerprint density at radius 1 is 1.36 bits per heavy atom. The molecule has 0 aliphatic rings. The van der Waals surface area contributed by atoms with Crippen molar-refractivity contribution >= 4 is 5.91 Å². The van der Waals surface area contributed by atoms with Gasteiger partial charge in [0.2, 0.25) is 0 Å². The minimum atomic E-state index is -2.93. The van der Waals surface area contributed by atoms with Crippen LogP contribution in [0.4, 0.5) is 8.78 Å². The maximum absolute atomic E-state index is 12.2. The number of hydrogen-bond acceptors (Lipinski definition) is 3. The number of halogens is 2. The lowest BCUT2D eigenvalue weighted by Gasteiger charge is -2.33. The molecule has 4 nitrogen and oxygen atoms in total. The predicted octanol–water partition coefficient (Wildman–Crippen LogP) is 3.06. The van der Waals surface area contributed by atoms with E-state index >= 15 is 0 Å². The molecule has 124 valence electrons. The Kier molecular flexibility index (Phi) is 6.29. The number of rotatable bonds is 7. The molecule has 6 heteroatoms. The van der Waals surface area contributed by atoms with E-state index in [1.807, 2.05) is 27.7 Å². The molecule has 0 heterocycles. The summed E-state index contributed by atoms with van der Waals surface area (Å²) in [5, 5.41) is 12.8. The highest BCUT2D eigenvalue weighted by molar-refractivity contribution is 5.94. The number of benzene rings is 1. The summed E-state index contributed by atoms with van der Waals surface area (Å²) in [4.78, 5) is 12.1. The van der Waals surface area contributed by atoms with Crippen LogP contribution in [-0.4, -0.2) is 30.3 Å². The third-order valence-corrected chi connectivity index (χ3v) is 3.46. The van der Waals surface area contributed by atoms with E-state index in [-0.39, 0.29) is 23.8 Å². The van der Waals surface area contributed by atoms with Gasteiger partial charge in [0.25, 0.3) is 5.91 Å². The summed E-state index contributed by atoms with van der Waals surface area (Å²) >= 11 is 0. The molecule has 0 aliphatic carbocycles. The van der Waals surface area contributed by atoms with Gasteiger partial charge in [0, 0.05) is 17.5 Å². The van der Waals surface area contributed by atoms with Crippen molar-refractivity contribution < 1.29 is 23.4 Å². The Bertz CT molecular complexity index is 504. The van der Waals surface area contributed by atoms with Gasteiger partial charge in [-0.1, -0.05) is 33.8 Å². The van der Waals surface area contributed by atoms with E-state index in [0.717, 1.165) is 0 Å². The number of amides is 1. The average Bonchev–Trinajstić information content (AvgIpc) is 2.43. The van der Waals surface area contributed by atoms with Crippen molar-refractivity contribution in [2.75, 3.05) is 6.54 Å². The van der Waals surface area contributed by atoms with Gasteiger partial charge in [0.05, 0.1) is 6.10 Å². The van der Waals surface area contributed by atoms with E-state index in [2.05, 4.69) is 10.1 Å². The summed E-state index contributed by atoms with van der Waals surface area (Å²) in [6, 6.07) is 5.60. The smallest absolute Gasteiger partial charge is 0.387 e. The predicted molar refractivity (Wildman–Crippen MR) is 80.0 cm³/mol. The van der Waals surface area contributed by atoms with Crippen molar-refractivity contribution in [3.05, 3.63) is 29.8 Å². The number of ether oxygens (including phenoxy) is 1. The molecule has 0 saturated carbocycles. The number of nitrogens with one attached hydrogen (secondary N) is 1. The van der Waals surface area contributed by atoms with Gasteiger partial charge in [-0.2, -0.15) is 8.78 Å². The van der Waals surface area contributed by atoms with Crippen molar-refractivity contribution in [2.45, 2.75) is 40.4 Å². The summed E-state index contributed by atoms with van der Waals surface area (Å²) in [6.07, 6.45) is -0.568. The topological polar surface area (TPSA) is 58.6 Å². The number of alkyl halides is 2. The van der Waals surface area contributed by atoms with Gasteiger partial charge < -0.3 is 15.2 Å². The lowest BCUT2D eigenvalue weighted by atomic mass is 9.80. The van der Waals surface area contributed by atoms with Crippen LogP contribution in [-0.2, 0) is 0 Å². The fourth-order valence-corrected chi connectivity index (χ4v) is 2.23. The Morgan fingerprint density at radius 2 is 2.00 bits per heavy atom. The van der Waals surface area contributed by atoms with E-state index in [1.165, 1.54) is 24.3 Å². The molecule has 1 aromatic carbocycles. The monoisotopic (exact) mass is 315 g/mol. The Balaban J connectivity index is 2.69. The van der Waals surface area contributed by atoms with E-state index < -0.39 is 24.0 Å². The molecule has 0 radical (unpaired) electrons. The number of carbonyl (C=O) groups is 1. The molecule has 1 unspecified atom stereocenters. The molecule has 0 aromatic heterocycles. The number of hydrogen-bond donors (Lipinski definition) is 2. The number of carbonyl (C=O) groups excluding carboxylic acids is 1. The third kappa shape index (κ3) is 5.26. The lowest BCUT2D eigenvalue weighted by Crippen LogP contribution is -2.43. The van der Waals surface area contributed by atoms with Crippen molar-refractivity contribution in [3.8, 4) is 5.75 Å². The fraction of sp³-hybridized carbons (Fsp3) is 0.562. The zero-order valence-corrected chi connectivity index (χ0v) is 13.3. The molecule has 1 aromatic rings.